The highest BCUT2D eigenvalue weighted by atomic mass is 16.2. The maximum absolute atomic E-state index is 12.6. The van der Waals surface area contributed by atoms with Crippen LogP contribution in [0.1, 0.15) is 40.5 Å². The summed E-state index contributed by atoms with van der Waals surface area (Å²) in [4.78, 5) is 30.2. The fourth-order valence-electron chi connectivity index (χ4n) is 2.95. The predicted molar refractivity (Wildman–Crippen MR) is 80.7 cm³/mol. The van der Waals surface area contributed by atoms with Crippen LogP contribution in [0.5, 0.6) is 0 Å². The number of aromatic nitrogens is 4. The van der Waals surface area contributed by atoms with E-state index in [0.29, 0.717) is 18.8 Å². The number of hydrogen-bond donors (Lipinski definition) is 1. The zero-order valence-electron chi connectivity index (χ0n) is 12.7. The lowest BCUT2D eigenvalue weighted by Crippen LogP contribution is -2.41. The molecule has 1 N–H and O–H groups in total. The monoisotopic (exact) mass is 301 g/mol. The molecule has 1 saturated heterocycles. The highest BCUT2D eigenvalue weighted by Crippen LogP contribution is 2.22. The molecule has 3 rings (SSSR count). The molecule has 0 aromatic carbocycles. The van der Waals surface area contributed by atoms with Gasteiger partial charge in [-0.05, 0) is 37.8 Å². The Hall–Kier alpha value is -2.44. The van der Waals surface area contributed by atoms with E-state index in [-0.39, 0.29) is 17.6 Å². The summed E-state index contributed by atoms with van der Waals surface area (Å²) in [5.74, 6) is -0.0320. The molecule has 1 aliphatic heterocycles. The van der Waals surface area contributed by atoms with Gasteiger partial charge in [-0.15, -0.1) is 0 Å². The highest BCUT2D eigenvalue weighted by Gasteiger charge is 2.26. The molecule has 1 amide bonds. The first kappa shape index (κ1) is 14.5. The highest BCUT2D eigenvalue weighted by molar-refractivity contribution is 5.93. The Balaban J connectivity index is 1.70. The number of nitrogens with one attached hydrogen (secondary N) is 1. The van der Waals surface area contributed by atoms with Crippen LogP contribution in [0.25, 0.3) is 0 Å². The summed E-state index contributed by atoms with van der Waals surface area (Å²) in [6.07, 6.45) is 4.74. The smallest absolute Gasteiger partial charge is 0.337 e. The molecule has 0 saturated carbocycles. The molecule has 0 spiro atoms. The van der Waals surface area contributed by atoms with Gasteiger partial charge in [0.15, 0.2) is 0 Å². The fourth-order valence-corrected chi connectivity index (χ4v) is 2.95. The molecule has 7 heteroatoms. The summed E-state index contributed by atoms with van der Waals surface area (Å²) < 4.78 is 1.61. The van der Waals surface area contributed by atoms with Gasteiger partial charge in [-0.1, -0.05) is 6.07 Å². The van der Waals surface area contributed by atoms with Crippen molar-refractivity contribution in [2.45, 2.75) is 32.7 Å². The van der Waals surface area contributed by atoms with Crippen LogP contribution in [-0.2, 0) is 0 Å². The maximum atomic E-state index is 12.6. The number of H-pyrrole nitrogens is 1. The molecule has 0 radical (unpaired) electrons. The summed E-state index contributed by atoms with van der Waals surface area (Å²) in [6.45, 7) is 5.11. The van der Waals surface area contributed by atoms with E-state index < -0.39 is 0 Å². The minimum Gasteiger partial charge on any atom is -0.337 e. The largest absolute Gasteiger partial charge is 0.343 e. The number of amides is 1. The predicted octanol–water partition coefficient (Wildman–Crippen LogP) is 1.06. The van der Waals surface area contributed by atoms with Gasteiger partial charge in [0.2, 0.25) is 0 Å². The van der Waals surface area contributed by atoms with Crippen molar-refractivity contribution in [2.75, 3.05) is 13.1 Å². The van der Waals surface area contributed by atoms with Crippen molar-refractivity contribution in [1.29, 1.82) is 0 Å². The molecular formula is C15H19N5O2. The van der Waals surface area contributed by atoms with Gasteiger partial charge in [-0.2, -0.15) is 5.10 Å². The molecule has 1 fully saturated rings. The van der Waals surface area contributed by atoms with Crippen LogP contribution in [-0.4, -0.2) is 43.6 Å². The molecule has 2 aromatic rings. The van der Waals surface area contributed by atoms with E-state index >= 15 is 0 Å². The van der Waals surface area contributed by atoms with Crippen LogP contribution in [0.4, 0.5) is 0 Å². The van der Waals surface area contributed by atoms with Crippen LogP contribution in [0.2, 0.25) is 0 Å². The Morgan fingerprint density at radius 1 is 1.32 bits per heavy atom. The quantitative estimate of drug-likeness (QED) is 0.899. The van der Waals surface area contributed by atoms with E-state index in [1.54, 1.807) is 10.8 Å². The van der Waals surface area contributed by atoms with Crippen LogP contribution in [0, 0.1) is 13.8 Å². The van der Waals surface area contributed by atoms with Crippen molar-refractivity contribution in [1.82, 2.24) is 24.6 Å². The van der Waals surface area contributed by atoms with Gasteiger partial charge in [0, 0.05) is 25.3 Å². The number of carbonyl (C=O) groups is 1. The second-order valence-corrected chi connectivity index (χ2v) is 5.77. The number of aromatic amines is 1. The van der Waals surface area contributed by atoms with Gasteiger partial charge in [0.1, 0.15) is 12.0 Å². The third kappa shape index (κ3) is 2.66. The number of nitrogens with zero attached hydrogens (tertiary/aromatic N) is 4. The van der Waals surface area contributed by atoms with Crippen molar-refractivity contribution in [3.63, 3.8) is 0 Å². The topological polar surface area (TPSA) is 83.9 Å². The summed E-state index contributed by atoms with van der Waals surface area (Å²) in [5, 5.41) is 6.16. The lowest BCUT2D eigenvalue weighted by molar-refractivity contribution is 0.0686. The number of likely N-dealkylation sites (tertiary alicyclic amines) is 1. The minimum absolute atomic E-state index is 0.0320. The van der Waals surface area contributed by atoms with E-state index in [0.717, 1.165) is 24.0 Å². The van der Waals surface area contributed by atoms with Gasteiger partial charge in [-0.3, -0.25) is 14.3 Å². The van der Waals surface area contributed by atoms with E-state index in [9.17, 15) is 9.59 Å². The first-order valence-electron chi connectivity index (χ1n) is 7.40. The molecular weight excluding hydrogens is 282 g/mol. The number of aryl methyl sites for hydroxylation is 2. The minimum atomic E-state index is -0.194. The van der Waals surface area contributed by atoms with Crippen molar-refractivity contribution < 1.29 is 4.79 Å². The van der Waals surface area contributed by atoms with Gasteiger partial charge < -0.3 is 4.90 Å². The molecule has 0 atom stereocenters. The Kier molecular flexibility index (Phi) is 3.79. The van der Waals surface area contributed by atoms with Gasteiger partial charge in [0.25, 0.3) is 5.91 Å². The first-order chi connectivity index (χ1) is 10.6. The zero-order valence-corrected chi connectivity index (χ0v) is 12.7. The third-order valence-electron chi connectivity index (χ3n) is 4.14. The van der Waals surface area contributed by atoms with Gasteiger partial charge in [-0.25, -0.2) is 9.89 Å². The molecule has 22 heavy (non-hydrogen) atoms. The second kappa shape index (κ2) is 5.75. The lowest BCUT2D eigenvalue weighted by Gasteiger charge is -2.32. The number of pyridine rings is 1. The molecule has 7 nitrogen and oxygen atoms in total. The summed E-state index contributed by atoms with van der Waals surface area (Å²) >= 11 is 0. The van der Waals surface area contributed by atoms with E-state index in [2.05, 4.69) is 15.2 Å². The Labute approximate surface area is 128 Å². The average Bonchev–Trinajstić information content (AvgIpc) is 2.93. The first-order valence-corrected chi connectivity index (χ1v) is 7.40. The summed E-state index contributed by atoms with van der Waals surface area (Å²) in [5.41, 5.74) is 2.27. The van der Waals surface area contributed by atoms with E-state index in [1.807, 2.05) is 24.8 Å². The molecule has 3 heterocycles. The molecule has 0 unspecified atom stereocenters. The van der Waals surface area contributed by atoms with E-state index in [4.69, 9.17) is 0 Å². The molecule has 2 aromatic heterocycles. The third-order valence-corrected chi connectivity index (χ3v) is 4.14. The second-order valence-electron chi connectivity index (χ2n) is 5.77. The average molecular weight is 301 g/mol. The number of hydrogen-bond acceptors (Lipinski definition) is 4. The summed E-state index contributed by atoms with van der Waals surface area (Å²) in [7, 11) is 0. The SMILES string of the molecule is Cc1cnc(C(=O)N2CCC(n3cn[nH]c3=O)CC2)c(C)c1. The molecule has 0 aliphatic carbocycles. The van der Waals surface area contributed by atoms with Gasteiger partial charge in [0.05, 0.1) is 0 Å². The standard InChI is InChI=1S/C15H19N5O2/c1-10-7-11(2)13(16-8-10)14(21)19-5-3-12(4-6-19)20-9-17-18-15(20)22/h7-9,12H,3-6H2,1-2H3,(H,18,22). The van der Waals surface area contributed by atoms with Gasteiger partial charge >= 0.3 is 5.69 Å². The van der Waals surface area contributed by atoms with Crippen LogP contribution < -0.4 is 5.69 Å². The normalized spacial score (nSPS) is 16.0. The fraction of sp³-hybridized carbons (Fsp3) is 0.467. The van der Waals surface area contributed by atoms with Crippen molar-refractivity contribution in [3.05, 3.63) is 45.9 Å². The Bertz CT molecular complexity index is 740. The molecule has 1 aliphatic rings. The number of carbonyl (C=O) groups excluding carboxylic acids is 1. The maximum Gasteiger partial charge on any atom is 0.343 e. The van der Waals surface area contributed by atoms with Crippen molar-refractivity contribution in [2.24, 2.45) is 0 Å². The van der Waals surface area contributed by atoms with Crippen LogP contribution in [0.15, 0.2) is 23.4 Å². The Morgan fingerprint density at radius 3 is 2.64 bits per heavy atom. The number of piperidine rings is 1. The van der Waals surface area contributed by atoms with Crippen molar-refractivity contribution in [3.8, 4) is 0 Å². The van der Waals surface area contributed by atoms with Crippen molar-refractivity contribution >= 4 is 5.91 Å². The van der Waals surface area contributed by atoms with Crippen LogP contribution in [0.3, 0.4) is 0 Å². The molecule has 0 bridgehead atoms. The van der Waals surface area contributed by atoms with Crippen LogP contribution >= 0.6 is 0 Å². The lowest BCUT2D eigenvalue weighted by atomic mass is 10.0. The summed E-state index contributed by atoms with van der Waals surface area (Å²) in [6, 6.07) is 2.07. The number of rotatable bonds is 2. The molecule has 116 valence electrons. The van der Waals surface area contributed by atoms with E-state index in [1.165, 1.54) is 6.33 Å². The Morgan fingerprint density at radius 2 is 2.05 bits per heavy atom. The zero-order chi connectivity index (χ0) is 15.7.